The number of nitrogens with zero attached hydrogens (tertiary/aromatic N) is 5. The van der Waals surface area contributed by atoms with E-state index in [1.807, 2.05) is 54.6 Å². The number of anilines is 2. The monoisotopic (exact) mass is 559 g/mol. The molecule has 3 heterocycles. The lowest BCUT2D eigenvalue weighted by atomic mass is 10.1. The molecule has 0 bridgehead atoms. The molecule has 4 aromatic rings. The van der Waals surface area contributed by atoms with E-state index in [0.717, 1.165) is 52.7 Å². The van der Waals surface area contributed by atoms with E-state index in [2.05, 4.69) is 41.0 Å². The summed E-state index contributed by atoms with van der Waals surface area (Å²) in [5.41, 5.74) is 4.54. The minimum absolute atomic E-state index is 0.112. The highest BCUT2D eigenvalue weighted by molar-refractivity contribution is 8.00. The standard InChI is InChI=1S/C29H26ClN5OS2/c1-20(33-15-17-34(18-16-33)22-7-3-2-4-8-22)27-25(19-37-23-13-11-21(30)12-14-23)32-35(28(27)36)29-31-24-9-5-6-10-26(24)38-29/h2-14H,15-19H2,1H3. The maximum absolute atomic E-state index is 13.9. The van der Waals surface area contributed by atoms with Crippen molar-refractivity contribution < 1.29 is 4.79 Å². The van der Waals surface area contributed by atoms with Gasteiger partial charge in [-0.05, 0) is 55.5 Å². The Morgan fingerprint density at radius 2 is 1.66 bits per heavy atom. The molecule has 0 unspecified atom stereocenters. The fourth-order valence-electron chi connectivity index (χ4n) is 4.77. The number of benzene rings is 3. The van der Waals surface area contributed by atoms with Crippen LogP contribution in [0.25, 0.3) is 10.2 Å². The number of piperazine rings is 1. The molecular weight excluding hydrogens is 534 g/mol. The lowest BCUT2D eigenvalue weighted by Crippen LogP contribution is -2.46. The van der Waals surface area contributed by atoms with Crippen LogP contribution < -0.4 is 9.91 Å². The normalized spacial score (nSPS) is 17.4. The molecule has 1 saturated heterocycles. The van der Waals surface area contributed by atoms with Crippen LogP contribution in [0.15, 0.2) is 100 Å². The van der Waals surface area contributed by atoms with Gasteiger partial charge in [-0.25, -0.2) is 4.98 Å². The molecule has 0 aliphatic carbocycles. The Morgan fingerprint density at radius 3 is 2.39 bits per heavy atom. The Hall–Kier alpha value is -3.33. The number of hydrogen-bond donors (Lipinski definition) is 0. The molecule has 0 radical (unpaired) electrons. The molecule has 1 aromatic heterocycles. The van der Waals surface area contributed by atoms with Crippen molar-refractivity contribution in [1.82, 2.24) is 9.88 Å². The molecule has 3 aromatic carbocycles. The minimum atomic E-state index is -0.112. The average molecular weight is 560 g/mol. The van der Waals surface area contributed by atoms with Crippen LogP contribution >= 0.6 is 34.7 Å². The van der Waals surface area contributed by atoms with E-state index in [1.54, 1.807) is 11.8 Å². The van der Waals surface area contributed by atoms with Gasteiger partial charge in [-0.1, -0.05) is 53.3 Å². The molecule has 1 fully saturated rings. The molecule has 6 nitrogen and oxygen atoms in total. The van der Waals surface area contributed by atoms with Gasteiger partial charge in [0.05, 0.1) is 21.5 Å². The Kier molecular flexibility index (Phi) is 7.10. The van der Waals surface area contributed by atoms with Crippen molar-refractivity contribution in [1.29, 1.82) is 0 Å². The summed E-state index contributed by atoms with van der Waals surface area (Å²) >= 11 is 9.21. The van der Waals surface area contributed by atoms with Crippen LogP contribution in [0.1, 0.15) is 6.92 Å². The number of rotatable bonds is 6. The second-order valence-corrected chi connectivity index (χ2v) is 11.6. The number of allylic oxidation sites excluding steroid dienone is 1. The van der Waals surface area contributed by atoms with E-state index in [1.165, 1.54) is 22.0 Å². The SMILES string of the molecule is CC(=C1C(=O)N(c2nc3ccccc3s2)N=C1CSc1ccc(Cl)cc1)N1CCN(c2ccccc2)CC1. The third kappa shape index (κ3) is 5.04. The van der Waals surface area contributed by atoms with Crippen molar-refractivity contribution in [3.05, 3.63) is 95.2 Å². The summed E-state index contributed by atoms with van der Waals surface area (Å²) in [5.74, 6) is 0.463. The fraction of sp³-hybridized carbons (Fsp3) is 0.207. The van der Waals surface area contributed by atoms with Gasteiger partial charge in [0.25, 0.3) is 5.91 Å². The quantitative estimate of drug-likeness (QED) is 0.198. The zero-order chi connectivity index (χ0) is 26.1. The van der Waals surface area contributed by atoms with Gasteiger partial charge >= 0.3 is 0 Å². The van der Waals surface area contributed by atoms with Crippen LogP contribution in [0.5, 0.6) is 0 Å². The molecule has 2 aliphatic rings. The van der Waals surface area contributed by atoms with Crippen molar-refractivity contribution in [2.45, 2.75) is 11.8 Å². The number of para-hydroxylation sites is 2. The second kappa shape index (κ2) is 10.8. The molecule has 1 amide bonds. The van der Waals surface area contributed by atoms with Gasteiger partial charge in [0.2, 0.25) is 5.13 Å². The van der Waals surface area contributed by atoms with Crippen LogP contribution in [-0.2, 0) is 4.79 Å². The first-order valence-corrected chi connectivity index (χ1v) is 14.7. The summed E-state index contributed by atoms with van der Waals surface area (Å²) in [6.45, 7) is 5.54. The number of thioether (sulfide) groups is 1. The van der Waals surface area contributed by atoms with E-state index in [0.29, 0.717) is 21.5 Å². The van der Waals surface area contributed by atoms with Crippen molar-refractivity contribution >= 4 is 67.4 Å². The van der Waals surface area contributed by atoms with E-state index < -0.39 is 0 Å². The van der Waals surface area contributed by atoms with Gasteiger partial charge in [0, 0.05) is 53.2 Å². The van der Waals surface area contributed by atoms with Gasteiger partial charge in [0.1, 0.15) is 0 Å². The molecule has 9 heteroatoms. The van der Waals surface area contributed by atoms with Crippen LogP contribution in [0, 0.1) is 0 Å². The molecule has 0 N–H and O–H groups in total. The van der Waals surface area contributed by atoms with E-state index in [-0.39, 0.29) is 5.91 Å². The van der Waals surface area contributed by atoms with Crippen LogP contribution in [0.3, 0.4) is 0 Å². The van der Waals surface area contributed by atoms with Crippen LogP contribution in [0.2, 0.25) is 5.02 Å². The number of aromatic nitrogens is 1. The summed E-state index contributed by atoms with van der Waals surface area (Å²) in [6, 6.07) is 26.2. The minimum Gasteiger partial charge on any atom is -0.371 e. The Morgan fingerprint density at radius 1 is 0.947 bits per heavy atom. The summed E-state index contributed by atoms with van der Waals surface area (Å²) in [7, 11) is 0. The number of fused-ring (bicyclic) bond motifs is 1. The van der Waals surface area contributed by atoms with Gasteiger partial charge in [-0.3, -0.25) is 4.79 Å². The van der Waals surface area contributed by atoms with Crippen molar-refractivity contribution in [3.8, 4) is 0 Å². The fourth-order valence-corrected chi connectivity index (χ4v) is 6.65. The molecule has 0 spiro atoms. The molecule has 38 heavy (non-hydrogen) atoms. The topological polar surface area (TPSA) is 52.0 Å². The first kappa shape index (κ1) is 25.0. The zero-order valence-electron chi connectivity index (χ0n) is 20.9. The first-order chi connectivity index (χ1) is 18.6. The Labute approximate surface area is 235 Å². The predicted molar refractivity (Wildman–Crippen MR) is 160 cm³/mol. The largest absolute Gasteiger partial charge is 0.371 e. The summed E-state index contributed by atoms with van der Waals surface area (Å²) in [6.07, 6.45) is 0. The third-order valence-electron chi connectivity index (χ3n) is 6.81. The first-order valence-electron chi connectivity index (χ1n) is 12.5. The molecule has 0 atom stereocenters. The molecule has 0 saturated carbocycles. The second-order valence-electron chi connectivity index (χ2n) is 9.14. The number of hydrogen-bond acceptors (Lipinski definition) is 7. The lowest BCUT2D eigenvalue weighted by molar-refractivity contribution is -0.114. The predicted octanol–water partition coefficient (Wildman–Crippen LogP) is 6.54. The highest BCUT2D eigenvalue weighted by Gasteiger charge is 2.36. The summed E-state index contributed by atoms with van der Waals surface area (Å²) in [4.78, 5) is 24.4. The van der Waals surface area contributed by atoms with Gasteiger partial charge < -0.3 is 9.80 Å². The molecule has 6 rings (SSSR count). The van der Waals surface area contributed by atoms with Gasteiger partial charge in [-0.15, -0.1) is 11.8 Å². The van der Waals surface area contributed by atoms with Crippen LogP contribution in [0.4, 0.5) is 10.8 Å². The maximum atomic E-state index is 13.9. The highest BCUT2D eigenvalue weighted by atomic mass is 35.5. The number of halogens is 1. The van der Waals surface area contributed by atoms with E-state index in [9.17, 15) is 4.79 Å². The van der Waals surface area contributed by atoms with Crippen molar-refractivity contribution in [2.75, 3.05) is 41.8 Å². The third-order valence-corrected chi connectivity index (χ3v) is 9.09. The zero-order valence-corrected chi connectivity index (χ0v) is 23.3. The number of carbonyl (C=O) groups excluding carboxylic acids is 1. The van der Waals surface area contributed by atoms with Crippen LogP contribution in [-0.4, -0.2) is 53.4 Å². The molecular formula is C29H26ClN5OS2. The number of hydrazone groups is 1. The van der Waals surface area contributed by atoms with E-state index in [4.69, 9.17) is 21.7 Å². The van der Waals surface area contributed by atoms with E-state index >= 15 is 0 Å². The summed E-state index contributed by atoms with van der Waals surface area (Å²) < 4.78 is 1.04. The smallest absolute Gasteiger partial charge is 0.284 e. The highest BCUT2D eigenvalue weighted by Crippen LogP contribution is 2.35. The number of carbonyl (C=O) groups is 1. The Balaban J connectivity index is 1.28. The molecule has 2 aliphatic heterocycles. The number of thiazole rings is 1. The van der Waals surface area contributed by atoms with Gasteiger partial charge in [-0.2, -0.15) is 10.1 Å². The number of amides is 1. The van der Waals surface area contributed by atoms with Crippen molar-refractivity contribution in [3.63, 3.8) is 0 Å². The maximum Gasteiger partial charge on any atom is 0.284 e. The average Bonchev–Trinajstić information content (AvgIpc) is 3.53. The lowest BCUT2D eigenvalue weighted by Gasteiger charge is -2.38. The van der Waals surface area contributed by atoms with Gasteiger partial charge in [0.15, 0.2) is 0 Å². The van der Waals surface area contributed by atoms with Crippen molar-refractivity contribution in [2.24, 2.45) is 5.10 Å². The summed E-state index contributed by atoms with van der Waals surface area (Å²) in [5, 5.41) is 7.62. The molecule has 192 valence electrons. The Bertz CT molecular complexity index is 1490.